The number of amides is 1. The summed E-state index contributed by atoms with van der Waals surface area (Å²) in [5, 5.41) is 2.61. The molecule has 1 amide bonds. The topological polar surface area (TPSA) is 72.5 Å². The van der Waals surface area contributed by atoms with Crippen molar-refractivity contribution < 1.29 is 19.1 Å². The normalized spacial score (nSPS) is 13.7. The molecule has 1 aromatic rings. The molecule has 0 aromatic heterocycles. The van der Waals surface area contributed by atoms with Crippen LogP contribution in [0.2, 0.25) is 0 Å². The predicted molar refractivity (Wildman–Crippen MR) is 68.8 cm³/mol. The van der Waals surface area contributed by atoms with Gasteiger partial charge in [-0.2, -0.15) is 0 Å². The summed E-state index contributed by atoms with van der Waals surface area (Å²) in [5.74, 6) is -0.709. The smallest absolute Gasteiger partial charge is 0.309 e. The third kappa shape index (κ3) is 3.91. The quantitative estimate of drug-likeness (QED) is 0.647. The lowest BCUT2D eigenvalue weighted by atomic mass is 10.1. The first-order valence-corrected chi connectivity index (χ1v) is 6.14. The number of ether oxygens (including phenoxy) is 1. The molecule has 0 aliphatic heterocycles. The van der Waals surface area contributed by atoms with Crippen LogP contribution in [-0.4, -0.2) is 24.3 Å². The Hall–Kier alpha value is -2.17. The Balaban J connectivity index is 1.87. The van der Waals surface area contributed by atoms with E-state index in [9.17, 15) is 14.4 Å². The van der Waals surface area contributed by atoms with Crippen LogP contribution in [0.1, 0.15) is 30.1 Å². The van der Waals surface area contributed by atoms with Crippen LogP contribution in [-0.2, 0) is 14.3 Å². The first-order chi connectivity index (χ1) is 9.06. The average Bonchev–Trinajstić information content (AvgIpc) is 3.20. The Labute approximate surface area is 110 Å². The molecular weight excluding hydrogens is 246 g/mol. The van der Waals surface area contributed by atoms with Gasteiger partial charge >= 0.3 is 5.97 Å². The van der Waals surface area contributed by atoms with Crippen molar-refractivity contribution in [2.24, 2.45) is 5.92 Å². The van der Waals surface area contributed by atoms with Gasteiger partial charge in [-0.1, -0.05) is 0 Å². The zero-order chi connectivity index (χ0) is 13.8. The molecule has 0 heterocycles. The number of hydrogen-bond acceptors (Lipinski definition) is 4. The Kier molecular flexibility index (Phi) is 3.94. The number of rotatable bonds is 5. The standard InChI is InChI=1S/C14H15NO4/c1-9(16)15-12-6-4-10(5-7-12)13(17)8-19-14(18)11-2-3-11/h4-7,11H,2-3,8H2,1H3,(H,15,16). The molecule has 1 fully saturated rings. The molecule has 5 heteroatoms. The highest BCUT2D eigenvalue weighted by atomic mass is 16.5. The molecule has 1 N–H and O–H groups in total. The summed E-state index contributed by atoms with van der Waals surface area (Å²) < 4.78 is 4.92. The number of anilines is 1. The molecule has 100 valence electrons. The van der Waals surface area contributed by atoms with E-state index in [-0.39, 0.29) is 30.2 Å². The van der Waals surface area contributed by atoms with E-state index in [1.807, 2.05) is 0 Å². The van der Waals surface area contributed by atoms with Crippen molar-refractivity contribution in [3.63, 3.8) is 0 Å². The number of Topliss-reactive ketones (excluding diaryl/α,β-unsaturated/α-hetero) is 1. The van der Waals surface area contributed by atoms with Crippen LogP contribution >= 0.6 is 0 Å². The van der Waals surface area contributed by atoms with Gasteiger partial charge in [-0.3, -0.25) is 14.4 Å². The molecule has 0 spiro atoms. The summed E-state index contributed by atoms with van der Waals surface area (Å²) in [4.78, 5) is 33.9. The lowest BCUT2D eigenvalue weighted by Crippen LogP contribution is -2.15. The molecular formula is C14H15NO4. The molecule has 0 saturated heterocycles. The fraction of sp³-hybridized carbons (Fsp3) is 0.357. The lowest BCUT2D eigenvalue weighted by molar-refractivity contribution is -0.144. The van der Waals surface area contributed by atoms with Crippen molar-refractivity contribution in [1.29, 1.82) is 0 Å². The summed E-state index contributed by atoms with van der Waals surface area (Å²) in [7, 11) is 0. The molecule has 19 heavy (non-hydrogen) atoms. The summed E-state index contributed by atoms with van der Waals surface area (Å²) in [6.07, 6.45) is 1.72. The summed E-state index contributed by atoms with van der Waals surface area (Å²) in [5.41, 5.74) is 1.08. The third-order valence-electron chi connectivity index (χ3n) is 2.78. The van der Waals surface area contributed by atoms with Gasteiger partial charge < -0.3 is 10.1 Å². The van der Waals surface area contributed by atoms with Gasteiger partial charge in [-0.05, 0) is 37.1 Å². The first kappa shape index (κ1) is 13.3. The number of carbonyl (C=O) groups excluding carboxylic acids is 3. The van der Waals surface area contributed by atoms with Crippen molar-refractivity contribution in [3.8, 4) is 0 Å². The van der Waals surface area contributed by atoms with E-state index in [1.54, 1.807) is 24.3 Å². The van der Waals surface area contributed by atoms with Crippen LogP contribution in [0.4, 0.5) is 5.69 Å². The van der Waals surface area contributed by atoms with Crippen molar-refractivity contribution in [2.75, 3.05) is 11.9 Å². The van der Waals surface area contributed by atoms with Gasteiger partial charge in [-0.25, -0.2) is 0 Å². The summed E-state index contributed by atoms with van der Waals surface area (Å²) in [6.45, 7) is 1.19. The van der Waals surface area contributed by atoms with E-state index < -0.39 is 0 Å². The average molecular weight is 261 g/mol. The zero-order valence-corrected chi connectivity index (χ0v) is 10.6. The van der Waals surface area contributed by atoms with Gasteiger partial charge in [-0.15, -0.1) is 0 Å². The Morgan fingerprint density at radius 2 is 1.84 bits per heavy atom. The monoisotopic (exact) mass is 261 g/mol. The second-order valence-electron chi connectivity index (χ2n) is 4.56. The van der Waals surface area contributed by atoms with E-state index in [1.165, 1.54) is 6.92 Å². The Morgan fingerprint density at radius 3 is 2.37 bits per heavy atom. The first-order valence-electron chi connectivity index (χ1n) is 6.14. The maximum Gasteiger partial charge on any atom is 0.309 e. The Morgan fingerprint density at radius 1 is 1.21 bits per heavy atom. The highest BCUT2D eigenvalue weighted by Crippen LogP contribution is 2.30. The molecule has 0 radical (unpaired) electrons. The lowest BCUT2D eigenvalue weighted by Gasteiger charge is -2.05. The molecule has 0 atom stereocenters. The molecule has 2 rings (SSSR count). The van der Waals surface area contributed by atoms with E-state index >= 15 is 0 Å². The van der Waals surface area contributed by atoms with Crippen LogP contribution < -0.4 is 5.32 Å². The minimum absolute atomic E-state index is 0.00468. The number of ketones is 1. The van der Waals surface area contributed by atoms with Gasteiger partial charge in [0.15, 0.2) is 12.4 Å². The number of esters is 1. The fourth-order valence-electron chi connectivity index (χ4n) is 1.60. The maximum absolute atomic E-state index is 11.8. The SMILES string of the molecule is CC(=O)Nc1ccc(C(=O)COC(=O)C2CC2)cc1. The third-order valence-corrected chi connectivity index (χ3v) is 2.78. The zero-order valence-electron chi connectivity index (χ0n) is 10.6. The summed E-state index contributed by atoms with van der Waals surface area (Å²) >= 11 is 0. The molecule has 1 saturated carbocycles. The summed E-state index contributed by atoms with van der Waals surface area (Å²) in [6, 6.07) is 6.46. The second kappa shape index (κ2) is 5.65. The van der Waals surface area contributed by atoms with Gasteiger partial charge in [0, 0.05) is 18.2 Å². The minimum Gasteiger partial charge on any atom is -0.457 e. The molecule has 1 aliphatic carbocycles. The van der Waals surface area contributed by atoms with Crippen molar-refractivity contribution in [3.05, 3.63) is 29.8 Å². The van der Waals surface area contributed by atoms with Gasteiger partial charge in [0.25, 0.3) is 0 Å². The predicted octanol–water partition coefficient (Wildman–Crippen LogP) is 1.78. The molecule has 1 aromatic carbocycles. The maximum atomic E-state index is 11.8. The molecule has 0 bridgehead atoms. The van der Waals surface area contributed by atoms with E-state index in [4.69, 9.17) is 4.74 Å². The van der Waals surface area contributed by atoms with E-state index in [2.05, 4.69) is 5.32 Å². The van der Waals surface area contributed by atoms with Gasteiger partial charge in [0.1, 0.15) is 0 Å². The number of nitrogens with one attached hydrogen (secondary N) is 1. The van der Waals surface area contributed by atoms with Gasteiger partial charge in [0.05, 0.1) is 5.92 Å². The highest BCUT2D eigenvalue weighted by molar-refractivity contribution is 5.98. The number of carbonyl (C=O) groups is 3. The Bertz CT molecular complexity index is 503. The second-order valence-corrected chi connectivity index (χ2v) is 4.56. The van der Waals surface area contributed by atoms with Gasteiger partial charge in [0.2, 0.25) is 5.91 Å². The molecule has 5 nitrogen and oxygen atoms in total. The number of hydrogen-bond donors (Lipinski definition) is 1. The molecule has 1 aliphatic rings. The fourth-order valence-corrected chi connectivity index (χ4v) is 1.60. The van der Waals surface area contributed by atoms with Crippen molar-refractivity contribution in [1.82, 2.24) is 0 Å². The van der Waals surface area contributed by atoms with Crippen LogP contribution in [0.15, 0.2) is 24.3 Å². The van der Waals surface area contributed by atoms with E-state index in [0.717, 1.165) is 12.8 Å². The van der Waals surface area contributed by atoms with Crippen molar-refractivity contribution >= 4 is 23.3 Å². The van der Waals surface area contributed by atoms with Crippen LogP contribution in [0.5, 0.6) is 0 Å². The van der Waals surface area contributed by atoms with Crippen molar-refractivity contribution in [2.45, 2.75) is 19.8 Å². The molecule has 0 unspecified atom stereocenters. The minimum atomic E-state index is -0.289. The largest absolute Gasteiger partial charge is 0.457 e. The van der Waals surface area contributed by atoms with Crippen LogP contribution in [0.3, 0.4) is 0 Å². The highest BCUT2D eigenvalue weighted by Gasteiger charge is 2.31. The van der Waals surface area contributed by atoms with Crippen LogP contribution in [0, 0.1) is 5.92 Å². The van der Waals surface area contributed by atoms with Crippen LogP contribution in [0.25, 0.3) is 0 Å². The number of benzene rings is 1. The van der Waals surface area contributed by atoms with E-state index in [0.29, 0.717) is 11.3 Å².